The number of fused-ring (bicyclic) bond motifs is 1. The third-order valence-electron chi connectivity index (χ3n) is 4.76. The molecule has 4 N–H and O–H groups in total. The maximum Gasteiger partial charge on any atom is 0.697 e. The Morgan fingerprint density at radius 2 is 2.24 bits per heavy atom. The molecule has 0 aliphatic heterocycles. The van der Waals surface area contributed by atoms with Crippen molar-refractivity contribution in [1.82, 2.24) is 19.9 Å². The second kappa shape index (κ2) is 7.89. The number of anilines is 1. The summed E-state index contributed by atoms with van der Waals surface area (Å²) in [5, 5.41) is 14.4. The minimum absolute atomic E-state index is 0.0139. The lowest BCUT2D eigenvalue weighted by Crippen LogP contribution is -2.41. The zero-order chi connectivity index (χ0) is 20.6. The van der Waals surface area contributed by atoms with E-state index in [2.05, 4.69) is 25.3 Å². The van der Waals surface area contributed by atoms with Crippen molar-refractivity contribution < 1.29 is 23.5 Å². The first kappa shape index (κ1) is 20.1. The van der Waals surface area contributed by atoms with Crippen LogP contribution in [0.4, 0.5) is 10.2 Å². The Morgan fingerprint density at radius 3 is 3.03 bits per heavy atom. The van der Waals surface area contributed by atoms with E-state index in [-0.39, 0.29) is 24.5 Å². The molecule has 9 nitrogen and oxygen atoms in total. The van der Waals surface area contributed by atoms with Gasteiger partial charge in [-0.3, -0.25) is 0 Å². The molecule has 0 spiro atoms. The predicted octanol–water partition coefficient (Wildman–Crippen LogP) is 3.52. The Hall–Kier alpha value is -2.23. The van der Waals surface area contributed by atoms with Gasteiger partial charge in [0.25, 0.3) is 0 Å². The van der Waals surface area contributed by atoms with Gasteiger partial charge in [-0.25, -0.2) is 19.3 Å². The largest absolute Gasteiger partial charge is 0.697 e. The van der Waals surface area contributed by atoms with Crippen LogP contribution in [-0.4, -0.2) is 41.8 Å². The van der Waals surface area contributed by atoms with Gasteiger partial charge in [-0.2, -0.15) is 0 Å². The van der Waals surface area contributed by atoms with Crippen LogP contribution in [-0.2, 0) is 9.09 Å². The van der Waals surface area contributed by atoms with Gasteiger partial charge < -0.3 is 15.4 Å². The molecule has 0 bridgehead atoms. The summed E-state index contributed by atoms with van der Waals surface area (Å²) in [5.41, 5.74) is 1.21. The molecule has 1 aliphatic carbocycles. The van der Waals surface area contributed by atoms with Crippen LogP contribution < -0.4 is 5.32 Å². The Kier molecular flexibility index (Phi) is 5.46. The lowest BCUT2D eigenvalue weighted by Gasteiger charge is -2.32. The van der Waals surface area contributed by atoms with Crippen molar-refractivity contribution in [3.8, 4) is 11.4 Å². The highest BCUT2D eigenvalue weighted by molar-refractivity contribution is 7.32. The number of hydrogen-bond donors (Lipinski definition) is 4. The van der Waals surface area contributed by atoms with Crippen LogP contribution >= 0.6 is 19.9 Å². The first-order valence-corrected chi connectivity index (χ1v) is 10.3. The van der Waals surface area contributed by atoms with Gasteiger partial charge >= 0.3 is 8.25 Å². The number of H-pyrrole nitrogens is 1. The van der Waals surface area contributed by atoms with E-state index >= 15 is 0 Å². The van der Waals surface area contributed by atoms with Crippen LogP contribution in [0.5, 0.6) is 0 Å². The maximum atomic E-state index is 14.3. The Bertz CT molecular complexity index is 1080. The molecule has 152 valence electrons. The normalized spacial score (nSPS) is 22.6. The molecule has 12 heteroatoms. The van der Waals surface area contributed by atoms with Gasteiger partial charge in [-0.1, -0.05) is 16.1 Å². The van der Waals surface area contributed by atoms with Crippen molar-refractivity contribution in [3.05, 3.63) is 35.5 Å². The van der Waals surface area contributed by atoms with Crippen LogP contribution in [0.15, 0.2) is 24.7 Å². The van der Waals surface area contributed by atoms with Gasteiger partial charge in [0.05, 0.1) is 11.2 Å². The number of hydrogen-bond acceptors (Lipinski definition) is 7. The fourth-order valence-corrected chi connectivity index (χ4v) is 4.13. The zero-order valence-corrected chi connectivity index (χ0v) is 16.6. The molecule has 0 aromatic carbocycles. The standard InChI is InChI=1S/C17H16ClFN5O4P/c18-9-4-11-12(7-21-14(11)20-6-9)15-22-8-13(19)16(24-15)23-10-2-1-3-17(25,5-10)28-29(26)27/h4,6-8,10,25H,1-3,5H2,(H2-,20,21,22,23,24,26,27)/p+1/t10-,17+/m0/s1. The van der Waals surface area contributed by atoms with E-state index in [4.69, 9.17) is 21.0 Å². The molecule has 1 unspecified atom stereocenters. The smallest absolute Gasteiger partial charge is 0.365 e. The zero-order valence-electron chi connectivity index (χ0n) is 15.0. The van der Waals surface area contributed by atoms with Gasteiger partial charge in [0.15, 0.2) is 17.5 Å². The molecule has 29 heavy (non-hydrogen) atoms. The minimum atomic E-state index is -2.95. The van der Waals surface area contributed by atoms with Crippen molar-refractivity contribution in [2.24, 2.45) is 0 Å². The first-order chi connectivity index (χ1) is 13.8. The molecule has 3 heterocycles. The summed E-state index contributed by atoms with van der Waals surface area (Å²) < 4.78 is 30.0. The third kappa shape index (κ3) is 4.36. The summed E-state index contributed by atoms with van der Waals surface area (Å²) in [7, 11) is -2.95. The van der Waals surface area contributed by atoms with E-state index in [9.17, 15) is 14.1 Å². The molecule has 3 aromatic rings. The summed E-state index contributed by atoms with van der Waals surface area (Å²) >= 11 is 6.02. The van der Waals surface area contributed by atoms with E-state index in [0.29, 0.717) is 34.5 Å². The van der Waals surface area contributed by atoms with E-state index in [1.54, 1.807) is 12.3 Å². The van der Waals surface area contributed by atoms with Crippen molar-refractivity contribution in [3.63, 3.8) is 0 Å². The summed E-state index contributed by atoms with van der Waals surface area (Å²) in [6, 6.07) is 1.31. The molecule has 3 atom stereocenters. The fourth-order valence-electron chi connectivity index (χ4n) is 3.52. The second-order valence-corrected chi connectivity index (χ2v) is 7.95. The van der Waals surface area contributed by atoms with E-state index < -0.39 is 25.9 Å². The lowest BCUT2D eigenvalue weighted by atomic mass is 9.90. The number of aromatic amines is 1. The highest BCUT2D eigenvalue weighted by Gasteiger charge is 2.43. The Balaban J connectivity index is 1.60. The molecule has 1 fully saturated rings. The van der Waals surface area contributed by atoms with Crippen LogP contribution in [0.1, 0.15) is 25.7 Å². The summed E-state index contributed by atoms with van der Waals surface area (Å²) in [4.78, 5) is 24.5. The topological polar surface area (TPSA) is 133 Å². The van der Waals surface area contributed by atoms with Crippen LogP contribution in [0, 0.1) is 5.82 Å². The molecule has 1 saturated carbocycles. The van der Waals surface area contributed by atoms with Crippen LogP contribution in [0.25, 0.3) is 22.4 Å². The predicted molar refractivity (Wildman–Crippen MR) is 104 cm³/mol. The van der Waals surface area contributed by atoms with E-state index in [1.807, 2.05) is 0 Å². The molecule has 1 aliphatic rings. The Morgan fingerprint density at radius 1 is 1.41 bits per heavy atom. The first-order valence-electron chi connectivity index (χ1n) is 8.83. The van der Waals surface area contributed by atoms with Gasteiger partial charge in [-0.15, -0.1) is 4.89 Å². The molecular weight excluding hydrogens is 424 g/mol. The monoisotopic (exact) mass is 440 g/mol. The number of aliphatic hydroxyl groups is 1. The lowest BCUT2D eigenvalue weighted by molar-refractivity contribution is -0.161. The van der Waals surface area contributed by atoms with Gasteiger partial charge in [0.2, 0.25) is 5.79 Å². The van der Waals surface area contributed by atoms with Crippen molar-refractivity contribution in [2.45, 2.75) is 37.5 Å². The quantitative estimate of drug-likeness (QED) is 0.350. The maximum absolute atomic E-state index is 14.3. The SMILES string of the molecule is O=[P+](O)O[C@]1(O)CCC[C@H](Nc2nc(-c3c[nH]c4ncc(Cl)cc34)ncc2F)C1. The van der Waals surface area contributed by atoms with Crippen molar-refractivity contribution >= 4 is 36.7 Å². The number of pyridine rings is 1. The van der Waals surface area contributed by atoms with E-state index in [1.165, 1.54) is 6.20 Å². The molecule has 3 aromatic heterocycles. The third-order valence-corrected chi connectivity index (χ3v) is 5.46. The summed E-state index contributed by atoms with van der Waals surface area (Å²) in [6.07, 6.45) is 5.60. The molecule has 0 saturated heterocycles. The number of aromatic nitrogens is 4. The van der Waals surface area contributed by atoms with Crippen molar-refractivity contribution in [2.75, 3.05) is 5.32 Å². The number of halogens is 2. The average Bonchev–Trinajstić information content (AvgIpc) is 3.05. The number of nitrogens with zero attached hydrogens (tertiary/aromatic N) is 3. The number of nitrogens with one attached hydrogen (secondary N) is 2. The molecular formula is C17H17ClFN5O4P+. The summed E-state index contributed by atoms with van der Waals surface area (Å²) in [6.45, 7) is 0. The van der Waals surface area contributed by atoms with Crippen molar-refractivity contribution in [1.29, 1.82) is 0 Å². The van der Waals surface area contributed by atoms with Gasteiger partial charge in [0, 0.05) is 46.8 Å². The highest BCUT2D eigenvalue weighted by Crippen LogP contribution is 2.37. The molecule has 0 amide bonds. The van der Waals surface area contributed by atoms with Crippen LogP contribution in [0.2, 0.25) is 5.02 Å². The minimum Gasteiger partial charge on any atom is -0.365 e. The molecule has 4 rings (SSSR count). The molecule has 0 radical (unpaired) electrons. The fraction of sp³-hybridized carbons (Fsp3) is 0.353. The highest BCUT2D eigenvalue weighted by atomic mass is 35.5. The van der Waals surface area contributed by atoms with Gasteiger partial charge in [-0.05, 0) is 18.9 Å². The van der Waals surface area contributed by atoms with E-state index in [0.717, 1.165) is 6.20 Å². The number of rotatable bonds is 5. The Labute approximate surface area is 170 Å². The van der Waals surface area contributed by atoms with Crippen LogP contribution in [0.3, 0.4) is 0 Å². The average molecular weight is 441 g/mol. The van der Waals surface area contributed by atoms with Gasteiger partial charge in [0.1, 0.15) is 5.65 Å². The summed E-state index contributed by atoms with van der Waals surface area (Å²) in [5.74, 6) is -2.18. The second-order valence-electron chi connectivity index (χ2n) is 6.86.